The molecule has 188 valence electrons. The number of ether oxygens (including phenoxy) is 3. The van der Waals surface area contributed by atoms with Gasteiger partial charge in [0, 0.05) is 19.7 Å². The Labute approximate surface area is 203 Å². The fourth-order valence-electron chi connectivity index (χ4n) is 3.31. The van der Waals surface area contributed by atoms with Gasteiger partial charge in [-0.3, -0.25) is 0 Å². The van der Waals surface area contributed by atoms with Crippen molar-refractivity contribution in [3.63, 3.8) is 0 Å². The number of aliphatic hydroxyl groups excluding tert-OH is 1. The molecule has 0 aliphatic carbocycles. The zero-order valence-corrected chi connectivity index (χ0v) is 19.8. The van der Waals surface area contributed by atoms with Crippen LogP contribution in [0.4, 0.5) is 5.95 Å². The predicted molar refractivity (Wildman–Crippen MR) is 135 cm³/mol. The Hall–Kier alpha value is -3.13. The number of esters is 1. The fraction of sp³-hybridized carbons (Fsp3) is 0.500. The van der Waals surface area contributed by atoms with E-state index in [2.05, 4.69) is 16.5 Å². The van der Waals surface area contributed by atoms with Crippen LogP contribution < -0.4 is 14.4 Å². The van der Waals surface area contributed by atoms with E-state index in [0.29, 0.717) is 19.0 Å². The van der Waals surface area contributed by atoms with Gasteiger partial charge in [0.05, 0.1) is 6.61 Å². The van der Waals surface area contributed by atoms with E-state index in [0.717, 1.165) is 18.4 Å². The van der Waals surface area contributed by atoms with Crippen LogP contribution in [0, 0.1) is 5.92 Å². The SMILES string of the molecule is C.C=CCOc1nc(N2CCC(CO)CC2)nc(C(=O)OCC)c1OCc1ccccc1.CC. The maximum absolute atomic E-state index is 12.7. The van der Waals surface area contributed by atoms with E-state index in [9.17, 15) is 9.90 Å². The molecular formula is C26H39N3O5. The molecule has 8 nitrogen and oxygen atoms in total. The Morgan fingerprint density at radius 1 is 1.18 bits per heavy atom. The molecule has 0 radical (unpaired) electrons. The average molecular weight is 474 g/mol. The third-order valence-electron chi connectivity index (χ3n) is 5.01. The van der Waals surface area contributed by atoms with Crippen LogP contribution in [0.15, 0.2) is 43.0 Å². The third kappa shape index (κ3) is 8.02. The first kappa shape index (κ1) is 28.9. The highest BCUT2D eigenvalue weighted by molar-refractivity contribution is 5.91. The van der Waals surface area contributed by atoms with Crippen LogP contribution in [0.5, 0.6) is 11.6 Å². The maximum atomic E-state index is 12.7. The molecule has 1 aromatic heterocycles. The first-order valence-electron chi connectivity index (χ1n) is 11.5. The van der Waals surface area contributed by atoms with Crippen LogP contribution in [-0.4, -0.2) is 54.0 Å². The second-order valence-electron chi connectivity index (χ2n) is 7.21. The molecule has 0 saturated carbocycles. The number of hydrogen-bond donors (Lipinski definition) is 1. The lowest BCUT2D eigenvalue weighted by molar-refractivity contribution is 0.0512. The van der Waals surface area contributed by atoms with E-state index in [1.807, 2.05) is 49.1 Å². The lowest BCUT2D eigenvalue weighted by Gasteiger charge is -2.31. The number of piperidine rings is 1. The standard InChI is InChI=1S/C23H29N3O5.C2H6.CH4/c1-3-14-30-21-20(31-16-18-8-6-5-7-9-18)19(22(28)29-4-2)24-23(25-21)26-12-10-17(15-27)11-13-26;1-2;/h3,5-9,17,27H,1,4,10-16H2,2H3;1-2H3;1H4. The molecular weight excluding hydrogens is 434 g/mol. The van der Waals surface area contributed by atoms with Crippen LogP contribution in [-0.2, 0) is 11.3 Å². The quantitative estimate of drug-likeness (QED) is 0.393. The zero-order chi connectivity index (χ0) is 24.1. The van der Waals surface area contributed by atoms with Gasteiger partial charge in [0.15, 0.2) is 5.69 Å². The summed E-state index contributed by atoms with van der Waals surface area (Å²) in [5, 5.41) is 9.40. The summed E-state index contributed by atoms with van der Waals surface area (Å²) in [6, 6.07) is 9.60. The van der Waals surface area contributed by atoms with Gasteiger partial charge in [-0.1, -0.05) is 64.3 Å². The van der Waals surface area contributed by atoms with E-state index in [-0.39, 0.29) is 57.1 Å². The molecule has 34 heavy (non-hydrogen) atoms. The summed E-state index contributed by atoms with van der Waals surface area (Å²) < 4.78 is 16.9. The molecule has 1 fully saturated rings. The minimum atomic E-state index is -0.595. The van der Waals surface area contributed by atoms with Crippen molar-refractivity contribution in [3.8, 4) is 11.6 Å². The molecule has 0 bridgehead atoms. The van der Waals surface area contributed by atoms with Crippen molar-refractivity contribution in [2.24, 2.45) is 5.92 Å². The van der Waals surface area contributed by atoms with E-state index >= 15 is 0 Å². The Morgan fingerprint density at radius 3 is 2.44 bits per heavy atom. The summed E-state index contributed by atoms with van der Waals surface area (Å²) in [4.78, 5) is 23.7. The monoisotopic (exact) mass is 473 g/mol. The Bertz CT molecular complexity index is 868. The number of nitrogens with zero attached hydrogens (tertiary/aromatic N) is 3. The van der Waals surface area contributed by atoms with Gasteiger partial charge in [-0.25, -0.2) is 9.78 Å². The molecule has 1 saturated heterocycles. The van der Waals surface area contributed by atoms with Gasteiger partial charge < -0.3 is 24.2 Å². The summed E-state index contributed by atoms with van der Waals surface area (Å²) in [5.74, 6) is 0.380. The minimum absolute atomic E-state index is 0. The normalized spacial score (nSPS) is 13.1. The number of rotatable bonds is 10. The Balaban J connectivity index is 0.00000188. The second-order valence-corrected chi connectivity index (χ2v) is 7.21. The van der Waals surface area contributed by atoms with Gasteiger partial charge in [0.25, 0.3) is 5.88 Å². The number of carbonyl (C=O) groups is 1. The number of hydrogen-bond acceptors (Lipinski definition) is 8. The topological polar surface area (TPSA) is 94.0 Å². The van der Waals surface area contributed by atoms with Crippen molar-refractivity contribution >= 4 is 11.9 Å². The van der Waals surface area contributed by atoms with Crippen molar-refractivity contribution in [1.82, 2.24) is 9.97 Å². The van der Waals surface area contributed by atoms with Crippen LogP contribution >= 0.6 is 0 Å². The summed E-state index contributed by atoms with van der Waals surface area (Å²) in [6.45, 7) is 11.6. The zero-order valence-electron chi connectivity index (χ0n) is 19.8. The summed E-state index contributed by atoms with van der Waals surface area (Å²) in [5.41, 5.74) is 0.966. The Kier molecular flexibility index (Phi) is 13.3. The summed E-state index contributed by atoms with van der Waals surface area (Å²) >= 11 is 0. The number of benzene rings is 1. The fourth-order valence-corrected chi connectivity index (χ4v) is 3.31. The van der Waals surface area contributed by atoms with E-state index in [1.54, 1.807) is 13.0 Å². The van der Waals surface area contributed by atoms with Crippen LogP contribution in [0.1, 0.15) is 57.1 Å². The lowest BCUT2D eigenvalue weighted by atomic mass is 9.98. The van der Waals surface area contributed by atoms with Gasteiger partial charge in [-0.05, 0) is 31.2 Å². The first-order chi connectivity index (χ1) is 16.2. The van der Waals surface area contributed by atoms with Crippen molar-refractivity contribution in [2.75, 3.05) is 37.8 Å². The smallest absolute Gasteiger partial charge is 0.361 e. The average Bonchev–Trinajstić information content (AvgIpc) is 2.88. The van der Waals surface area contributed by atoms with Crippen LogP contribution in [0.2, 0.25) is 0 Å². The van der Waals surface area contributed by atoms with E-state index in [4.69, 9.17) is 14.2 Å². The van der Waals surface area contributed by atoms with Crippen molar-refractivity contribution in [3.05, 3.63) is 54.2 Å². The van der Waals surface area contributed by atoms with Crippen molar-refractivity contribution < 1.29 is 24.1 Å². The molecule has 3 rings (SSSR count). The highest BCUT2D eigenvalue weighted by Gasteiger charge is 2.28. The van der Waals surface area contributed by atoms with Crippen molar-refractivity contribution in [2.45, 2.75) is 47.6 Å². The van der Waals surface area contributed by atoms with Gasteiger partial charge in [0.2, 0.25) is 11.7 Å². The third-order valence-corrected chi connectivity index (χ3v) is 5.01. The van der Waals surface area contributed by atoms with Gasteiger partial charge in [-0.15, -0.1) is 0 Å². The maximum Gasteiger partial charge on any atom is 0.361 e. The number of aliphatic hydroxyl groups is 1. The molecule has 0 amide bonds. The van der Waals surface area contributed by atoms with Gasteiger partial charge in [0.1, 0.15) is 13.2 Å². The molecule has 0 unspecified atom stereocenters. The molecule has 1 aliphatic heterocycles. The molecule has 1 aromatic carbocycles. The van der Waals surface area contributed by atoms with Crippen molar-refractivity contribution in [1.29, 1.82) is 0 Å². The highest BCUT2D eigenvalue weighted by Crippen LogP contribution is 2.33. The largest absolute Gasteiger partial charge is 0.481 e. The Morgan fingerprint density at radius 2 is 1.85 bits per heavy atom. The molecule has 0 spiro atoms. The van der Waals surface area contributed by atoms with Gasteiger partial charge >= 0.3 is 5.97 Å². The van der Waals surface area contributed by atoms with E-state index < -0.39 is 5.97 Å². The molecule has 1 aliphatic rings. The molecule has 8 heteroatoms. The summed E-state index contributed by atoms with van der Waals surface area (Å²) in [6.07, 6.45) is 3.24. The van der Waals surface area contributed by atoms with E-state index in [1.165, 1.54) is 0 Å². The van der Waals surface area contributed by atoms with Gasteiger partial charge in [-0.2, -0.15) is 4.98 Å². The second kappa shape index (κ2) is 15.7. The summed E-state index contributed by atoms with van der Waals surface area (Å²) in [7, 11) is 0. The molecule has 0 atom stereocenters. The highest BCUT2D eigenvalue weighted by atomic mass is 16.5. The van der Waals surface area contributed by atoms with Crippen LogP contribution in [0.3, 0.4) is 0 Å². The molecule has 2 aromatic rings. The molecule has 2 heterocycles. The predicted octanol–water partition coefficient (Wildman–Crippen LogP) is 4.67. The number of aromatic nitrogens is 2. The lowest BCUT2D eigenvalue weighted by Crippen LogP contribution is -2.36. The minimum Gasteiger partial charge on any atom is -0.481 e. The van der Waals surface area contributed by atoms with Crippen LogP contribution in [0.25, 0.3) is 0 Å². The number of carbonyl (C=O) groups excluding carboxylic acids is 1. The molecule has 1 N–H and O–H groups in total. The first-order valence-corrected chi connectivity index (χ1v) is 11.5. The number of anilines is 1.